The molecule has 0 aromatic heterocycles. The Kier molecular flexibility index (Phi) is 4.35. The van der Waals surface area contributed by atoms with E-state index < -0.39 is 5.60 Å². The molecule has 110 valence electrons. The second-order valence-corrected chi connectivity index (χ2v) is 8.05. The molecule has 0 bridgehead atoms. The average Bonchev–Trinajstić information content (AvgIpc) is 2.99. The maximum atomic E-state index is 11.6. The Morgan fingerprint density at radius 2 is 1.95 bits per heavy atom. The van der Waals surface area contributed by atoms with Crippen molar-refractivity contribution in [3.05, 3.63) is 0 Å². The van der Waals surface area contributed by atoms with E-state index in [1.807, 2.05) is 32.5 Å². The number of carbonyl (C=O) groups excluding carboxylic acids is 1. The van der Waals surface area contributed by atoms with Gasteiger partial charge in [-0.3, -0.25) is 0 Å². The van der Waals surface area contributed by atoms with Crippen LogP contribution in [0.2, 0.25) is 0 Å². The molecule has 0 atom stereocenters. The largest absolute Gasteiger partial charge is 0.444 e. The van der Waals surface area contributed by atoms with Crippen LogP contribution in [-0.2, 0) is 4.74 Å². The maximum absolute atomic E-state index is 11.6. The highest BCUT2D eigenvalue weighted by atomic mass is 32.2. The summed E-state index contributed by atoms with van der Waals surface area (Å²) in [7, 11) is 0. The van der Waals surface area contributed by atoms with Crippen LogP contribution in [0.1, 0.15) is 46.5 Å². The molecule has 4 nitrogen and oxygen atoms in total. The number of hydrogen-bond donors (Lipinski definition) is 2. The van der Waals surface area contributed by atoms with Crippen molar-refractivity contribution >= 4 is 17.9 Å². The highest BCUT2D eigenvalue weighted by molar-refractivity contribution is 8.00. The van der Waals surface area contributed by atoms with Gasteiger partial charge >= 0.3 is 6.09 Å². The van der Waals surface area contributed by atoms with Crippen molar-refractivity contribution in [3.63, 3.8) is 0 Å². The summed E-state index contributed by atoms with van der Waals surface area (Å²) in [5, 5.41) is 6.53. The first-order valence-corrected chi connectivity index (χ1v) is 8.32. The molecule has 2 aliphatic rings. The zero-order valence-corrected chi connectivity index (χ0v) is 13.2. The predicted molar refractivity (Wildman–Crippen MR) is 79.7 cm³/mol. The molecule has 0 aromatic carbocycles. The molecule has 2 N–H and O–H groups in total. The first kappa shape index (κ1) is 15.0. The lowest BCUT2D eigenvalue weighted by atomic mass is 9.87. The summed E-state index contributed by atoms with van der Waals surface area (Å²) < 4.78 is 5.76. The van der Waals surface area contributed by atoms with E-state index in [1.54, 1.807) is 0 Å². The first-order chi connectivity index (χ1) is 8.82. The van der Waals surface area contributed by atoms with E-state index in [2.05, 4.69) is 16.9 Å². The molecule has 2 aliphatic carbocycles. The van der Waals surface area contributed by atoms with Gasteiger partial charge in [-0.1, -0.05) is 0 Å². The van der Waals surface area contributed by atoms with Crippen molar-refractivity contribution in [3.8, 4) is 0 Å². The van der Waals surface area contributed by atoms with E-state index >= 15 is 0 Å². The summed E-state index contributed by atoms with van der Waals surface area (Å²) in [6.07, 6.45) is 6.62. The SMILES string of the molecule is CSC1(CNC2CC(NC(=O)OC(C)(C)C)C2)CC1. The van der Waals surface area contributed by atoms with Gasteiger partial charge in [0.05, 0.1) is 0 Å². The smallest absolute Gasteiger partial charge is 0.407 e. The Morgan fingerprint density at radius 1 is 1.32 bits per heavy atom. The van der Waals surface area contributed by atoms with Crippen molar-refractivity contribution in [2.45, 2.75) is 68.9 Å². The Bertz CT molecular complexity index is 331. The summed E-state index contributed by atoms with van der Waals surface area (Å²) in [4.78, 5) is 11.6. The van der Waals surface area contributed by atoms with E-state index in [0.717, 1.165) is 19.4 Å². The van der Waals surface area contributed by atoms with Gasteiger partial charge in [0.1, 0.15) is 5.60 Å². The van der Waals surface area contributed by atoms with Crippen LogP contribution in [0, 0.1) is 0 Å². The fourth-order valence-corrected chi connectivity index (χ4v) is 3.04. The maximum Gasteiger partial charge on any atom is 0.407 e. The van der Waals surface area contributed by atoms with Gasteiger partial charge in [-0.15, -0.1) is 0 Å². The minimum atomic E-state index is -0.414. The highest BCUT2D eigenvalue weighted by Gasteiger charge is 2.43. The number of thioether (sulfide) groups is 1. The van der Waals surface area contributed by atoms with Crippen molar-refractivity contribution in [1.82, 2.24) is 10.6 Å². The summed E-state index contributed by atoms with van der Waals surface area (Å²) in [6.45, 7) is 6.76. The Labute approximate surface area is 120 Å². The highest BCUT2D eigenvalue weighted by Crippen LogP contribution is 2.46. The van der Waals surface area contributed by atoms with Crippen LogP contribution >= 0.6 is 11.8 Å². The molecule has 0 aliphatic heterocycles. The first-order valence-electron chi connectivity index (χ1n) is 7.10. The lowest BCUT2D eigenvalue weighted by Gasteiger charge is -2.37. The molecule has 1 amide bonds. The molecule has 5 heteroatoms. The normalized spacial score (nSPS) is 28.4. The molecule has 0 saturated heterocycles. The molecule has 2 rings (SSSR count). The molecule has 0 unspecified atom stereocenters. The van der Waals surface area contributed by atoms with E-state index in [1.165, 1.54) is 12.8 Å². The van der Waals surface area contributed by atoms with Gasteiger partial charge < -0.3 is 15.4 Å². The minimum absolute atomic E-state index is 0.275. The van der Waals surface area contributed by atoms with Gasteiger partial charge in [0.25, 0.3) is 0 Å². The summed E-state index contributed by atoms with van der Waals surface area (Å²) in [5.41, 5.74) is -0.414. The third kappa shape index (κ3) is 4.56. The third-order valence-electron chi connectivity index (χ3n) is 3.81. The molecule has 19 heavy (non-hydrogen) atoms. The second-order valence-electron chi connectivity index (χ2n) is 6.78. The number of hydrogen-bond acceptors (Lipinski definition) is 4. The van der Waals surface area contributed by atoms with Crippen LogP contribution in [0.3, 0.4) is 0 Å². The summed E-state index contributed by atoms with van der Waals surface area (Å²) in [5.74, 6) is 0. The number of carbonyl (C=O) groups is 1. The fourth-order valence-electron chi connectivity index (χ4n) is 2.30. The van der Waals surface area contributed by atoms with E-state index in [0.29, 0.717) is 10.8 Å². The molecule has 0 radical (unpaired) electrons. The Morgan fingerprint density at radius 3 is 2.42 bits per heavy atom. The topological polar surface area (TPSA) is 50.4 Å². The third-order valence-corrected chi connectivity index (χ3v) is 5.23. The van der Waals surface area contributed by atoms with Gasteiger partial charge in [-0.05, 0) is 52.7 Å². The lowest BCUT2D eigenvalue weighted by molar-refractivity contribution is 0.0465. The quantitative estimate of drug-likeness (QED) is 0.815. The van der Waals surface area contributed by atoms with Gasteiger partial charge in [-0.25, -0.2) is 4.79 Å². The number of ether oxygens (including phenoxy) is 1. The summed E-state index contributed by atoms with van der Waals surface area (Å²) >= 11 is 1.98. The van der Waals surface area contributed by atoms with Gasteiger partial charge in [0.15, 0.2) is 0 Å². The van der Waals surface area contributed by atoms with Crippen molar-refractivity contribution in [2.24, 2.45) is 0 Å². The molecule has 2 saturated carbocycles. The van der Waals surface area contributed by atoms with Crippen LogP contribution in [-0.4, -0.2) is 41.3 Å². The van der Waals surface area contributed by atoms with Crippen molar-refractivity contribution in [1.29, 1.82) is 0 Å². The average molecular weight is 286 g/mol. The molecular formula is C14H26N2O2S. The molecular weight excluding hydrogens is 260 g/mol. The minimum Gasteiger partial charge on any atom is -0.444 e. The van der Waals surface area contributed by atoms with Gasteiger partial charge in [0.2, 0.25) is 0 Å². The van der Waals surface area contributed by atoms with Crippen molar-refractivity contribution < 1.29 is 9.53 Å². The second kappa shape index (κ2) is 5.52. The van der Waals surface area contributed by atoms with Crippen LogP contribution in [0.25, 0.3) is 0 Å². The number of alkyl carbamates (subject to hydrolysis) is 1. The van der Waals surface area contributed by atoms with E-state index in [-0.39, 0.29) is 12.1 Å². The number of amides is 1. The van der Waals surface area contributed by atoms with Crippen LogP contribution in [0.4, 0.5) is 4.79 Å². The predicted octanol–water partition coefficient (Wildman–Crippen LogP) is 2.53. The molecule has 0 spiro atoms. The van der Waals surface area contributed by atoms with E-state index in [4.69, 9.17) is 4.74 Å². The van der Waals surface area contributed by atoms with E-state index in [9.17, 15) is 4.79 Å². The van der Waals surface area contributed by atoms with Crippen LogP contribution in [0.5, 0.6) is 0 Å². The van der Waals surface area contributed by atoms with Gasteiger partial charge in [-0.2, -0.15) is 11.8 Å². The monoisotopic (exact) mass is 286 g/mol. The zero-order chi connectivity index (χ0) is 14.1. The number of nitrogens with one attached hydrogen (secondary N) is 2. The standard InChI is InChI=1S/C14H26N2O2S/c1-13(2,3)18-12(17)16-11-7-10(8-11)15-9-14(19-4)5-6-14/h10-11,15H,5-9H2,1-4H3,(H,16,17). The Hall–Kier alpha value is -0.420. The fraction of sp³-hybridized carbons (Fsp3) is 0.929. The van der Waals surface area contributed by atoms with Crippen molar-refractivity contribution in [2.75, 3.05) is 12.8 Å². The lowest BCUT2D eigenvalue weighted by Crippen LogP contribution is -2.54. The number of rotatable bonds is 5. The molecule has 0 aromatic rings. The summed E-state index contributed by atoms with van der Waals surface area (Å²) in [6, 6.07) is 0.835. The van der Waals surface area contributed by atoms with Gasteiger partial charge in [0, 0.05) is 23.4 Å². The molecule has 2 fully saturated rings. The van der Waals surface area contributed by atoms with Crippen LogP contribution in [0.15, 0.2) is 0 Å². The zero-order valence-electron chi connectivity index (χ0n) is 12.4. The Balaban J connectivity index is 1.57. The van der Waals surface area contributed by atoms with Crippen LogP contribution < -0.4 is 10.6 Å². The molecule has 0 heterocycles.